The summed E-state index contributed by atoms with van der Waals surface area (Å²) in [6, 6.07) is 4.06. The molecule has 2 saturated heterocycles. The first-order valence-electron chi connectivity index (χ1n) is 9.99. The summed E-state index contributed by atoms with van der Waals surface area (Å²) in [5, 5.41) is 2.20. The number of anilines is 1. The molecule has 3 N–H and O–H groups in total. The standard InChI is InChI=1S/C20H23N5O5/c21-7-6-16(27)24-10-8-23(9-11-24)13-3-1-2-12-17(13)20(30)25(19(12)29)14-4-5-15(26)22-18(14)28/h1-3,14H,4-11,21H2,(H,22,26,28). The third-order valence-corrected chi connectivity index (χ3v) is 5.78. The molecule has 158 valence electrons. The van der Waals surface area contributed by atoms with Gasteiger partial charge in [-0.1, -0.05) is 6.07 Å². The Morgan fingerprint density at radius 1 is 1.07 bits per heavy atom. The van der Waals surface area contributed by atoms with Crippen molar-refractivity contribution in [3.05, 3.63) is 29.3 Å². The van der Waals surface area contributed by atoms with E-state index in [0.29, 0.717) is 44.8 Å². The van der Waals surface area contributed by atoms with E-state index in [0.717, 1.165) is 4.90 Å². The molecule has 0 bridgehead atoms. The Balaban J connectivity index is 1.56. The summed E-state index contributed by atoms with van der Waals surface area (Å²) in [6.07, 6.45) is 0.498. The van der Waals surface area contributed by atoms with Crippen molar-refractivity contribution in [2.75, 3.05) is 37.6 Å². The van der Waals surface area contributed by atoms with Crippen LogP contribution in [0.15, 0.2) is 18.2 Å². The van der Waals surface area contributed by atoms with Crippen molar-refractivity contribution in [2.45, 2.75) is 25.3 Å². The first-order chi connectivity index (χ1) is 14.4. The molecule has 1 aromatic rings. The van der Waals surface area contributed by atoms with Gasteiger partial charge in [-0.25, -0.2) is 0 Å². The first-order valence-corrected chi connectivity index (χ1v) is 9.99. The van der Waals surface area contributed by atoms with E-state index in [1.807, 2.05) is 4.90 Å². The molecule has 3 aliphatic heterocycles. The lowest BCUT2D eigenvalue weighted by Crippen LogP contribution is -2.54. The van der Waals surface area contributed by atoms with E-state index in [9.17, 15) is 24.0 Å². The third-order valence-electron chi connectivity index (χ3n) is 5.78. The highest BCUT2D eigenvalue weighted by Gasteiger charge is 2.46. The van der Waals surface area contributed by atoms with Crippen LogP contribution in [0, 0.1) is 0 Å². The molecular formula is C20H23N5O5. The van der Waals surface area contributed by atoms with Crippen molar-refractivity contribution < 1.29 is 24.0 Å². The quantitative estimate of drug-likeness (QED) is 0.610. The van der Waals surface area contributed by atoms with E-state index >= 15 is 0 Å². The van der Waals surface area contributed by atoms with Crippen LogP contribution in [-0.4, -0.2) is 78.1 Å². The molecule has 0 saturated carbocycles. The zero-order valence-electron chi connectivity index (χ0n) is 16.4. The molecule has 0 aromatic heterocycles. The maximum Gasteiger partial charge on any atom is 0.264 e. The largest absolute Gasteiger partial charge is 0.367 e. The minimum absolute atomic E-state index is 0.00530. The number of benzene rings is 1. The molecule has 10 nitrogen and oxygen atoms in total. The van der Waals surface area contributed by atoms with Crippen LogP contribution >= 0.6 is 0 Å². The Morgan fingerprint density at radius 2 is 1.80 bits per heavy atom. The molecule has 1 atom stereocenters. The van der Waals surface area contributed by atoms with Gasteiger partial charge in [0, 0.05) is 45.6 Å². The molecule has 1 aromatic carbocycles. The Hall–Kier alpha value is -3.27. The number of imide groups is 2. The molecule has 3 aliphatic rings. The number of amides is 5. The van der Waals surface area contributed by atoms with Gasteiger partial charge in [0.05, 0.1) is 16.8 Å². The van der Waals surface area contributed by atoms with Gasteiger partial charge in [0.15, 0.2) is 0 Å². The lowest BCUT2D eigenvalue weighted by molar-refractivity contribution is -0.136. The van der Waals surface area contributed by atoms with Crippen LogP contribution in [0.2, 0.25) is 0 Å². The SMILES string of the molecule is NCCC(=O)N1CCN(c2cccc3c2C(=O)N(C2CCC(=O)NC2=O)C3=O)CC1. The van der Waals surface area contributed by atoms with Gasteiger partial charge < -0.3 is 15.5 Å². The Bertz CT molecular complexity index is 938. The molecule has 4 rings (SSSR count). The van der Waals surface area contributed by atoms with Crippen LogP contribution < -0.4 is 16.0 Å². The van der Waals surface area contributed by atoms with E-state index in [1.54, 1.807) is 23.1 Å². The van der Waals surface area contributed by atoms with Gasteiger partial charge in [-0.15, -0.1) is 0 Å². The van der Waals surface area contributed by atoms with Crippen molar-refractivity contribution in [1.82, 2.24) is 15.1 Å². The van der Waals surface area contributed by atoms with Crippen molar-refractivity contribution in [1.29, 1.82) is 0 Å². The first kappa shape index (κ1) is 20.0. The van der Waals surface area contributed by atoms with Gasteiger partial charge in [0.25, 0.3) is 11.8 Å². The van der Waals surface area contributed by atoms with Crippen LogP contribution in [-0.2, 0) is 14.4 Å². The number of piperidine rings is 1. The van der Waals surface area contributed by atoms with Gasteiger partial charge >= 0.3 is 0 Å². The highest BCUT2D eigenvalue weighted by molar-refractivity contribution is 6.25. The smallest absolute Gasteiger partial charge is 0.264 e. The summed E-state index contributed by atoms with van der Waals surface area (Å²) < 4.78 is 0. The summed E-state index contributed by atoms with van der Waals surface area (Å²) in [6.45, 7) is 2.35. The second-order valence-electron chi connectivity index (χ2n) is 7.55. The minimum Gasteiger partial charge on any atom is -0.367 e. The molecule has 0 aliphatic carbocycles. The van der Waals surface area contributed by atoms with E-state index in [2.05, 4.69) is 5.32 Å². The van der Waals surface area contributed by atoms with Gasteiger partial charge in [-0.05, 0) is 18.6 Å². The van der Waals surface area contributed by atoms with Crippen molar-refractivity contribution in [2.24, 2.45) is 5.73 Å². The minimum atomic E-state index is -0.992. The van der Waals surface area contributed by atoms with Crippen LogP contribution in [0.25, 0.3) is 0 Å². The highest BCUT2D eigenvalue weighted by Crippen LogP contribution is 2.34. The number of nitrogens with one attached hydrogen (secondary N) is 1. The molecule has 3 heterocycles. The van der Waals surface area contributed by atoms with Crippen LogP contribution in [0.4, 0.5) is 5.69 Å². The van der Waals surface area contributed by atoms with Gasteiger partial charge in [0.2, 0.25) is 17.7 Å². The predicted molar refractivity (Wildman–Crippen MR) is 106 cm³/mol. The Kier molecular flexibility index (Phi) is 5.25. The molecule has 30 heavy (non-hydrogen) atoms. The topological polar surface area (TPSA) is 133 Å². The highest BCUT2D eigenvalue weighted by atomic mass is 16.2. The number of carbonyl (C=O) groups is 5. The fourth-order valence-electron chi connectivity index (χ4n) is 4.24. The van der Waals surface area contributed by atoms with E-state index in [-0.39, 0.29) is 29.9 Å². The number of fused-ring (bicyclic) bond motifs is 1. The second-order valence-corrected chi connectivity index (χ2v) is 7.55. The third kappa shape index (κ3) is 3.32. The average molecular weight is 413 g/mol. The molecule has 0 radical (unpaired) electrons. The lowest BCUT2D eigenvalue weighted by atomic mass is 10.0. The van der Waals surface area contributed by atoms with Gasteiger partial charge in [0.1, 0.15) is 6.04 Å². The lowest BCUT2D eigenvalue weighted by Gasteiger charge is -2.36. The van der Waals surface area contributed by atoms with Crippen LogP contribution in [0.5, 0.6) is 0 Å². The fraction of sp³-hybridized carbons (Fsp3) is 0.450. The van der Waals surface area contributed by atoms with Crippen LogP contribution in [0.1, 0.15) is 40.0 Å². The second kappa shape index (κ2) is 7.86. The van der Waals surface area contributed by atoms with E-state index in [4.69, 9.17) is 5.73 Å². The van der Waals surface area contributed by atoms with E-state index < -0.39 is 29.7 Å². The number of nitrogens with zero attached hydrogens (tertiary/aromatic N) is 3. The van der Waals surface area contributed by atoms with Gasteiger partial charge in [-0.2, -0.15) is 0 Å². The molecule has 10 heteroatoms. The van der Waals surface area contributed by atoms with Crippen molar-refractivity contribution >= 4 is 35.2 Å². The molecular weight excluding hydrogens is 390 g/mol. The molecule has 5 amide bonds. The van der Waals surface area contributed by atoms with Crippen molar-refractivity contribution in [3.63, 3.8) is 0 Å². The number of carbonyl (C=O) groups excluding carboxylic acids is 5. The number of hydrogen-bond acceptors (Lipinski definition) is 7. The Morgan fingerprint density at radius 3 is 2.47 bits per heavy atom. The number of nitrogens with two attached hydrogens (primary N) is 1. The summed E-state index contributed by atoms with van der Waals surface area (Å²) in [7, 11) is 0. The van der Waals surface area contributed by atoms with Crippen LogP contribution in [0.3, 0.4) is 0 Å². The van der Waals surface area contributed by atoms with Gasteiger partial charge in [-0.3, -0.25) is 34.2 Å². The average Bonchev–Trinajstić information content (AvgIpc) is 2.99. The zero-order chi connectivity index (χ0) is 21.4. The number of rotatable bonds is 4. The van der Waals surface area contributed by atoms with Crippen molar-refractivity contribution in [3.8, 4) is 0 Å². The molecule has 1 unspecified atom stereocenters. The molecule has 0 spiro atoms. The summed E-state index contributed by atoms with van der Waals surface area (Å²) >= 11 is 0. The maximum atomic E-state index is 13.2. The zero-order valence-corrected chi connectivity index (χ0v) is 16.4. The maximum absolute atomic E-state index is 13.2. The summed E-state index contributed by atoms with van der Waals surface area (Å²) in [5.74, 6) is -2.08. The normalized spacial score (nSPS) is 21.8. The number of hydrogen-bond donors (Lipinski definition) is 2. The summed E-state index contributed by atoms with van der Waals surface area (Å²) in [5.41, 5.74) is 6.60. The Labute approximate surface area is 172 Å². The fourth-order valence-corrected chi connectivity index (χ4v) is 4.24. The predicted octanol–water partition coefficient (Wildman–Crippen LogP) is -0.915. The van der Waals surface area contributed by atoms with E-state index in [1.165, 1.54) is 0 Å². The monoisotopic (exact) mass is 413 g/mol. The number of piperazine rings is 1. The summed E-state index contributed by atoms with van der Waals surface area (Å²) in [4.78, 5) is 66.5. The molecule has 2 fully saturated rings.